The first-order valence-corrected chi connectivity index (χ1v) is 5.33. The highest BCUT2D eigenvalue weighted by Crippen LogP contribution is 2.14. The van der Waals surface area contributed by atoms with Crippen molar-refractivity contribution in [1.29, 1.82) is 0 Å². The van der Waals surface area contributed by atoms with Gasteiger partial charge in [-0.2, -0.15) is 5.10 Å². The minimum absolute atomic E-state index is 0.436. The van der Waals surface area contributed by atoms with Gasteiger partial charge in [0, 0.05) is 24.0 Å². The Hall–Kier alpha value is -1.97. The molecule has 0 radical (unpaired) electrons. The van der Waals surface area contributed by atoms with Gasteiger partial charge >= 0.3 is 0 Å². The van der Waals surface area contributed by atoms with Crippen LogP contribution < -0.4 is 11.1 Å². The van der Waals surface area contributed by atoms with E-state index in [-0.39, 0.29) is 0 Å². The molecule has 1 heterocycles. The van der Waals surface area contributed by atoms with E-state index in [2.05, 4.69) is 24.3 Å². The predicted molar refractivity (Wildman–Crippen MR) is 66.7 cm³/mol. The van der Waals surface area contributed by atoms with Crippen molar-refractivity contribution in [2.24, 2.45) is 0 Å². The van der Waals surface area contributed by atoms with Crippen molar-refractivity contribution in [3.05, 3.63) is 36.5 Å². The van der Waals surface area contributed by atoms with Crippen LogP contribution in [0.5, 0.6) is 0 Å². The zero-order valence-electron chi connectivity index (χ0n) is 9.51. The third-order valence-electron chi connectivity index (χ3n) is 2.20. The summed E-state index contributed by atoms with van der Waals surface area (Å²) in [4.78, 5) is 0. The van der Waals surface area contributed by atoms with Crippen LogP contribution in [0.15, 0.2) is 36.5 Å². The smallest absolute Gasteiger partial charge is 0.145 e. The molecule has 0 aliphatic carbocycles. The monoisotopic (exact) mass is 216 g/mol. The van der Waals surface area contributed by atoms with Gasteiger partial charge in [-0.3, -0.25) is 0 Å². The van der Waals surface area contributed by atoms with E-state index in [9.17, 15) is 0 Å². The van der Waals surface area contributed by atoms with Gasteiger partial charge in [0.1, 0.15) is 5.82 Å². The molecule has 3 N–H and O–H groups in total. The second-order valence-corrected chi connectivity index (χ2v) is 4.03. The van der Waals surface area contributed by atoms with Crippen molar-refractivity contribution in [1.82, 2.24) is 9.78 Å². The molecule has 4 nitrogen and oxygen atoms in total. The molecule has 16 heavy (non-hydrogen) atoms. The van der Waals surface area contributed by atoms with Crippen molar-refractivity contribution >= 4 is 11.5 Å². The van der Waals surface area contributed by atoms with Crippen LogP contribution in [-0.4, -0.2) is 15.8 Å². The Morgan fingerprint density at radius 2 is 1.88 bits per heavy atom. The fourth-order valence-electron chi connectivity index (χ4n) is 1.53. The highest BCUT2D eigenvalue weighted by atomic mass is 15.3. The normalized spacial score (nSPS) is 10.7. The number of aromatic nitrogens is 2. The van der Waals surface area contributed by atoms with Crippen molar-refractivity contribution < 1.29 is 0 Å². The summed E-state index contributed by atoms with van der Waals surface area (Å²) in [6, 6.07) is 10.3. The summed E-state index contributed by atoms with van der Waals surface area (Å²) in [6.45, 7) is 4.23. The highest BCUT2D eigenvalue weighted by Gasteiger charge is 1.99. The minimum Gasteiger partial charge on any atom is -0.383 e. The van der Waals surface area contributed by atoms with Gasteiger partial charge in [0.05, 0.1) is 5.69 Å². The zero-order chi connectivity index (χ0) is 11.5. The van der Waals surface area contributed by atoms with Crippen molar-refractivity contribution in [2.45, 2.75) is 19.9 Å². The SMILES string of the molecule is CC(C)Nc1ccc(-n2ccc(N)n2)cc1. The standard InChI is InChI=1S/C12H16N4/c1-9(2)14-10-3-5-11(6-4-10)16-8-7-12(13)15-16/h3-9,14H,1-2H3,(H2,13,15). The van der Waals surface area contributed by atoms with E-state index < -0.39 is 0 Å². The van der Waals surface area contributed by atoms with Gasteiger partial charge in [0.25, 0.3) is 0 Å². The summed E-state index contributed by atoms with van der Waals surface area (Å²) in [5.41, 5.74) is 7.68. The lowest BCUT2D eigenvalue weighted by Gasteiger charge is -2.10. The number of rotatable bonds is 3. The molecule has 0 fully saturated rings. The van der Waals surface area contributed by atoms with E-state index >= 15 is 0 Å². The van der Waals surface area contributed by atoms with E-state index in [1.807, 2.05) is 30.5 Å². The van der Waals surface area contributed by atoms with E-state index in [1.54, 1.807) is 10.7 Å². The van der Waals surface area contributed by atoms with Crippen molar-refractivity contribution in [3.63, 3.8) is 0 Å². The summed E-state index contributed by atoms with van der Waals surface area (Å²) in [5, 5.41) is 7.48. The van der Waals surface area contributed by atoms with Gasteiger partial charge in [0.2, 0.25) is 0 Å². The molecule has 0 saturated heterocycles. The van der Waals surface area contributed by atoms with E-state index in [4.69, 9.17) is 5.73 Å². The second-order valence-electron chi connectivity index (χ2n) is 4.03. The Morgan fingerprint density at radius 3 is 2.38 bits per heavy atom. The van der Waals surface area contributed by atoms with Crippen molar-refractivity contribution in [2.75, 3.05) is 11.1 Å². The third-order valence-corrected chi connectivity index (χ3v) is 2.20. The van der Waals surface area contributed by atoms with Crippen LogP contribution in [0.3, 0.4) is 0 Å². The number of nitrogen functional groups attached to an aromatic ring is 1. The fourth-order valence-corrected chi connectivity index (χ4v) is 1.53. The molecule has 0 atom stereocenters. The lowest BCUT2D eigenvalue weighted by Crippen LogP contribution is -2.09. The second kappa shape index (κ2) is 4.26. The van der Waals surface area contributed by atoms with E-state index in [1.165, 1.54) is 0 Å². The number of nitrogens with zero attached hydrogens (tertiary/aromatic N) is 2. The van der Waals surface area contributed by atoms with Gasteiger partial charge in [-0.25, -0.2) is 4.68 Å². The minimum atomic E-state index is 0.436. The van der Waals surface area contributed by atoms with E-state index in [0.29, 0.717) is 11.9 Å². The maximum atomic E-state index is 5.57. The molecule has 0 aliphatic heterocycles. The molecule has 2 aromatic rings. The van der Waals surface area contributed by atoms with Crippen LogP contribution in [0.2, 0.25) is 0 Å². The molecule has 1 aromatic heterocycles. The average molecular weight is 216 g/mol. The Balaban J connectivity index is 2.19. The van der Waals surface area contributed by atoms with Gasteiger partial charge in [-0.05, 0) is 38.1 Å². The number of nitrogens with one attached hydrogen (secondary N) is 1. The quantitative estimate of drug-likeness (QED) is 0.827. The summed E-state index contributed by atoms with van der Waals surface area (Å²) >= 11 is 0. The van der Waals surface area contributed by atoms with Crippen LogP contribution in [0.25, 0.3) is 5.69 Å². The van der Waals surface area contributed by atoms with Crippen LogP contribution in [0.1, 0.15) is 13.8 Å². The molecule has 1 aromatic carbocycles. The summed E-state index contributed by atoms with van der Waals surface area (Å²) < 4.78 is 1.76. The van der Waals surface area contributed by atoms with Gasteiger partial charge < -0.3 is 11.1 Å². The highest BCUT2D eigenvalue weighted by molar-refractivity contribution is 5.49. The molecular formula is C12H16N4. The summed E-state index contributed by atoms with van der Waals surface area (Å²) in [6.07, 6.45) is 1.85. The number of anilines is 2. The van der Waals surface area contributed by atoms with Gasteiger partial charge in [-0.15, -0.1) is 0 Å². The predicted octanol–water partition coefficient (Wildman–Crippen LogP) is 2.27. The maximum absolute atomic E-state index is 5.57. The lowest BCUT2D eigenvalue weighted by atomic mass is 10.2. The van der Waals surface area contributed by atoms with Crippen molar-refractivity contribution in [3.8, 4) is 5.69 Å². The van der Waals surface area contributed by atoms with Gasteiger partial charge in [0.15, 0.2) is 0 Å². The molecule has 0 saturated carbocycles. The zero-order valence-corrected chi connectivity index (χ0v) is 9.51. The first kappa shape index (κ1) is 10.5. The third kappa shape index (κ3) is 2.34. The number of benzene rings is 1. The molecule has 4 heteroatoms. The summed E-state index contributed by atoms with van der Waals surface area (Å²) in [5.74, 6) is 0.532. The molecule has 0 aliphatic rings. The first-order chi connectivity index (χ1) is 7.65. The van der Waals surface area contributed by atoms with Crippen LogP contribution >= 0.6 is 0 Å². The Morgan fingerprint density at radius 1 is 1.19 bits per heavy atom. The van der Waals surface area contributed by atoms with Crippen LogP contribution in [0, 0.1) is 0 Å². The number of hydrogen-bond donors (Lipinski definition) is 2. The largest absolute Gasteiger partial charge is 0.383 e. The molecule has 2 rings (SSSR count). The number of hydrogen-bond acceptors (Lipinski definition) is 3. The maximum Gasteiger partial charge on any atom is 0.145 e. The molecule has 0 bridgehead atoms. The molecule has 84 valence electrons. The molecule has 0 amide bonds. The molecule has 0 unspecified atom stereocenters. The molecule has 0 spiro atoms. The fraction of sp³-hybridized carbons (Fsp3) is 0.250. The topological polar surface area (TPSA) is 55.9 Å². The first-order valence-electron chi connectivity index (χ1n) is 5.33. The van der Waals surface area contributed by atoms with E-state index in [0.717, 1.165) is 11.4 Å². The molecular weight excluding hydrogens is 200 g/mol. The summed E-state index contributed by atoms with van der Waals surface area (Å²) in [7, 11) is 0. The lowest BCUT2D eigenvalue weighted by molar-refractivity contribution is 0.882. The number of nitrogens with two attached hydrogens (primary N) is 1. The Labute approximate surface area is 95.1 Å². The van der Waals surface area contributed by atoms with Crippen LogP contribution in [0.4, 0.5) is 11.5 Å². The Bertz CT molecular complexity index is 456. The Kier molecular flexibility index (Phi) is 2.81. The van der Waals surface area contributed by atoms with Gasteiger partial charge in [-0.1, -0.05) is 0 Å². The average Bonchev–Trinajstić information content (AvgIpc) is 2.65. The van der Waals surface area contributed by atoms with Crippen LogP contribution in [-0.2, 0) is 0 Å².